The van der Waals surface area contributed by atoms with E-state index in [0.29, 0.717) is 0 Å². The van der Waals surface area contributed by atoms with E-state index in [1.165, 1.54) is 0 Å². The van der Waals surface area contributed by atoms with Crippen molar-refractivity contribution in [2.45, 2.75) is 0 Å². The molecule has 1 N–H and O–H groups in total. The van der Waals surface area contributed by atoms with Crippen LogP contribution in [0.2, 0.25) is 0 Å². The molecule has 0 atom stereocenters. The van der Waals surface area contributed by atoms with Crippen LogP contribution in [0.25, 0.3) is 0 Å². The summed E-state index contributed by atoms with van der Waals surface area (Å²) in [6.07, 6.45) is 1.37. The highest BCUT2D eigenvalue weighted by Crippen LogP contribution is 1.83. The molecule has 0 aliphatic rings. The van der Waals surface area contributed by atoms with Gasteiger partial charge in [0.1, 0.15) is 0 Å². The molecule has 0 bridgehead atoms. The minimum atomic E-state index is 0.205. The summed E-state index contributed by atoms with van der Waals surface area (Å²) in [5.74, 6) is 0. The predicted molar refractivity (Wildman–Crippen MR) is 20.8 cm³/mol. The zero-order valence-electron chi connectivity index (χ0n) is 3.80. The highest BCUT2D eigenvalue weighted by atomic mass is 32.1. The first-order valence-corrected chi connectivity index (χ1v) is 2.05. The van der Waals surface area contributed by atoms with Crippen LogP contribution in [0.3, 0.4) is 0 Å². The molecule has 0 unspecified atom stereocenters. The van der Waals surface area contributed by atoms with Crippen LogP contribution in [0.1, 0.15) is 1.37 Å². The van der Waals surface area contributed by atoms with Crippen molar-refractivity contribution in [3.63, 3.8) is 0 Å². The average molecular weight is 106 g/mol. The van der Waals surface area contributed by atoms with Gasteiger partial charge in [-0.25, -0.2) is 4.01 Å². The van der Waals surface area contributed by atoms with E-state index in [4.69, 9.17) is 1.37 Å². The maximum absolute atomic E-state index is 6.80. The summed E-state index contributed by atoms with van der Waals surface area (Å²) in [7, 11) is 0. The van der Waals surface area contributed by atoms with Crippen molar-refractivity contribution >= 4 is 11.8 Å². The Morgan fingerprint density at radius 3 is 3.33 bits per heavy atom. The zero-order valence-corrected chi connectivity index (χ0v) is 3.62. The van der Waals surface area contributed by atoms with Gasteiger partial charge in [0.25, 0.3) is 0 Å². The van der Waals surface area contributed by atoms with Crippen molar-refractivity contribution in [2.24, 2.45) is 0 Å². The molecule has 0 spiro atoms. The molecule has 0 saturated heterocycles. The third-order valence-corrected chi connectivity index (χ3v) is 0.629. The van der Waals surface area contributed by atoms with Gasteiger partial charge in [-0.15, -0.1) is 0 Å². The third-order valence-electron chi connectivity index (χ3n) is 0.281. The van der Waals surface area contributed by atoms with Gasteiger partial charge in [0, 0.05) is 0 Å². The Morgan fingerprint density at radius 2 is 3.00 bits per heavy atom. The van der Waals surface area contributed by atoms with Crippen LogP contribution in [0, 0.1) is 0 Å². The Labute approximate surface area is 39.6 Å². The number of aromatic nitrogens is 1. The van der Waals surface area contributed by atoms with E-state index >= 15 is 0 Å². The maximum Gasteiger partial charge on any atom is 0.178 e. The van der Waals surface area contributed by atoms with Crippen LogP contribution in [0.4, 0.5) is 0 Å². The zero-order chi connectivity index (χ0) is 5.11. The summed E-state index contributed by atoms with van der Waals surface area (Å²) in [4.78, 5) is 0. The fraction of sp³-hybridized carbons (Fsp3) is 0. The monoisotopic (exact) mass is 106 g/mol. The first-order chi connectivity index (χ1) is 3.39. The molecular formula is C2H3NO2S. The molecule has 0 aliphatic heterocycles. The van der Waals surface area contributed by atoms with Gasteiger partial charge in [0.2, 0.25) is 0 Å². The van der Waals surface area contributed by atoms with Gasteiger partial charge in [-0.3, -0.25) is 8.95 Å². The summed E-state index contributed by atoms with van der Waals surface area (Å²) in [5.41, 5.74) is 0. The molecule has 0 aromatic carbocycles. The molecule has 34 valence electrons. The van der Waals surface area contributed by atoms with Gasteiger partial charge >= 0.3 is 0 Å². The van der Waals surface area contributed by atoms with Crippen molar-refractivity contribution in [3.05, 3.63) is 12.4 Å². The molecule has 4 heteroatoms. The molecule has 0 radical (unpaired) electrons. The quantitative estimate of drug-likeness (QED) is 0.508. The van der Waals surface area contributed by atoms with Crippen LogP contribution < -0.4 is 0 Å². The molecule has 0 aliphatic carbocycles. The van der Waals surface area contributed by atoms with Gasteiger partial charge in [-0.1, -0.05) is 0 Å². The fourth-order valence-corrected chi connectivity index (χ4v) is 0.337. The van der Waals surface area contributed by atoms with Crippen LogP contribution in [0.5, 0.6) is 0 Å². The number of H-pyrrole nitrogens is 1. The Hall–Kier alpha value is -0.640. The SMILES string of the molecule is [2H]c1coos[nH]1. The minimum absolute atomic E-state index is 0.205. The number of hydrogen-bond acceptors (Lipinski definition) is 3. The number of nitrogens with one attached hydrogen (secondary N) is 1. The summed E-state index contributed by atoms with van der Waals surface area (Å²) in [6, 6.07) is 0. The number of hydrogen-bond donors (Lipinski definition) is 1. The van der Waals surface area contributed by atoms with Crippen LogP contribution in [-0.4, -0.2) is 4.37 Å². The van der Waals surface area contributed by atoms with E-state index in [1.54, 1.807) is 0 Å². The standard InChI is InChI=1S/C2H3NO2S/c1-2-4-5-6-3-1/h1-3H/i1D. The Kier molecular flexibility index (Phi) is 0.719. The van der Waals surface area contributed by atoms with Crippen LogP contribution in [-0.2, 0) is 0 Å². The first-order valence-electron chi connectivity index (χ1n) is 1.81. The topological polar surface area (TPSA) is 42.1 Å². The van der Waals surface area contributed by atoms with Crippen LogP contribution >= 0.6 is 11.8 Å². The second-order valence-electron chi connectivity index (χ2n) is 0.612. The molecule has 1 aromatic rings. The maximum atomic E-state index is 6.80. The molecule has 1 rings (SSSR count). The Bertz CT molecular complexity index is 146. The van der Waals surface area contributed by atoms with Crippen molar-refractivity contribution in [1.29, 1.82) is 0 Å². The lowest BCUT2D eigenvalue weighted by Gasteiger charge is -1.71. The average Bonchev–Trinajstić information content (AvgIpc) is 1.69. The molecule has 6 heavy (non-hydrogen) atoms. The van der Waals surface area contributed by atoms with E-state index < -0.39 is 0 Å². The second-order valence-corrected chi connectivity index (χ2v) is 1.12. The molecule has 0 saturated carbocycles. The molecule has 0 fully saturated rings. The smallest absolute Gasteiger partial charge is 0.178 e. The molecular weight excluding hydrogens is 102 g/mol. The lowest BCUT2D eigenvalue weighted by atomic mass is 11.0. The summed E-state index contributed by atoms with van der Waals surface area (Å²) in [6.45, 7) is 0. The minimum Gasteiger partial charge on any atom is -0.283 e. The summed E-state index contributed by atoms with van der Waals surface area (Å²) >= 11 is 0.875. The number of rotatable bonds is 0. The third kappa shape index (κ3) is 0.651. The van der Waals surface area contributed by atoms with E-state index in [0.717, 1.165) is 18.1 Å². The van der Waals surface area contributed by atoms with Crippen molar-refractivity contribution in [2.75, 3.05) is 0 Å². The van der Waals surface area contributed by atoms with Crippen molar-refractivity contribution in [1.82, 2.24) is 4.37 Å². The predicted octanol–water partition coefficient (Wildman–Crippen LogP) is 1.39. The van der Waals surface area contributed by atoms with Gasteiger partial charge in [-0.2, -0.15) is 0 Å². The normalized spacial score (nSPS) is 10.3. The van der Waals surface area contributed by atoms with E-state index in [2.05, 4.69) is 13.0 Å². The van der Waals surface area contributed by atoms with Gasteiger partial charge in [0.05, 0.1) is 7.54 Å². The van der Waals surface area contributed by atoms with Crippen LogP contribution in [0.15, 0.2) is 21.0 Å². The van der Waals surface area contributed by atoms with Gasteiger partial charge < -0.3 is 0 Å². The number of aromatic amines is 1. The highest BCUT2D eigenvalue weighted by molar-refractivity contribution is 6.95. The Balaban J connectivity index is 3.02. The lowest BCUT2D eigenvalue weighted by Crippen LogP contribution is -1.52. The molecule has 1 heterocycles. The lowest BCUT2D eigenvalue weighted by molar-refractivity contribution is 0.0953. The highest BCUT2D eigenvalue weighted by Gasteiger charge is 1.59. The summed E-state index contributed by atoms with van der Waals surface area (Å²) in [5, 5.41) is 0. The largest absolute Gasteiger partial charge is 0.283 e. The summed E-state index contributed by atoms with van der Waals surface area (Å²) < 4.78 is 17.8. The molecule has 1 aromatic heterocycles. The van der Waals surface area contributed by atoms with Crippen molar-refractivity contribution < 1.29 is 9.96 Å². The van der Waals surface area contributed by atoms with Gasteiger partial charge in [-0.05, 0) is 0 Å². The first kappa shape index (κ1) is 2.52. The van der Waals surface area contributed by atoms with E-state index in [-0.39, 0.29) is 6.17 Å². The Morgan fingerprint density at radius 1 is 2.00 bits per heavy atom. The van der Waals surface area contributed by atoms with Crippen molar-refractivity contribution in [3.8, 4) is 0 Å². The van der Waals surface area contributed by atoms with Gasteiger partial charge in [0.15, 0.2) is 18.1 Å². The molecule has 0 amide bonds. The second kappa shape index (κ2) is 1.71. The van der Waals surface area contributed by atoms with E-state index in [9.17, 15) is 0 Å². The fourth-order valence-electron chi connectivity index (χ4n) is 0.128. The van der Waals surface area contributed by atoms with E-state index in [1.807, 2.05) is 0 Å². The molecule has 3 nitrogen and oxygen atoms in total.